The molecule has 0 aliphatic rings. The smallest absolute Gasteiger partial charge is 0.112 e. The average Bonchev–Trinajstić information content (AvgIpc) is 2.89. The van der Waals surface area contributed by atoms with Crippen molar-refractivity contribution in [1.29, 1.82) is 5.26 Å². The number of nitriles is 1. The standard InChI is InChI=1S/C18H20N4/c1-4-6-13(5-2)18-21-16-11-20-15-8-7-12(10-19)9-14(15)17(16)22(18)3/h7-9,11,13H,4-6H2,1-3H3. The lowest BCUT2D eigenvalue weighted by Crippen LogP contribution is -2.05. The summed E-state index contributed by atoms with van der Waals surface area (Å²) in [6, 6.07) is 7.84. The molecule has 2 aromatic heterocycles. The zero-order chi connectivity index (χ0) is 15.7. The number of pyridine rings is 1. The summed E-state index contributed by atoms with van der Waals surface area (Å²) < 4.78 is 2.18. The molecule has 0 bridgehead atoms. The molecule has 3 rings (SSSR count). The summed E-state index contributed by atoms with van der Waals surface area (Å²) in [6.45, 7) is 4.42. The number of fused-ring (bicyclic) bond motifs is 3. The van der Waals surface area contributed by atoms with Crippen molar-refractivity contribution in [2.24, 2.45) is 7.05 Å². The van der Waals surface area contributed by atoms with Crippen LogP contribution in [0, 0.1) is 11.3 Å². The highest BCUT2D eigenvalue weighted by Crippen LogP contribution is 2.30. The van der Waals surface area contributed by atoms with Gasteiger partial charge in [-0.2, -0.15) is 5.26 Å². The van der Waals surface area contributed by atoms with Crippen LogP contribution in [0.2, 0.25) is 0 Å². The van der Waals surface area contributed by atoms with Crippen LogP contribution in [0.4, 0.5) is 0 Å². The molecule has 0 aliphatic carbocycles. The van der Waals surface area contributed by atoms with Crippen LogP contribution in [0.1, 0.15) is 50.4 Å². The van der Waals surface area contributed by atoms with Crippen LogP contribution < -0.4 is 0 Å². The summed E-state index contributed by atoms with van der Waals surface area (Å²) in [5.74, 6) is 1.59. The zero-order valence-corrected chi connectivity index (χ0v) is 13.3. The molecule has 0 amide bonds. The maximum Gasteiger partial charge on any atom is 0.112 e. The highest BCUT2D eigenvalue weighted by atomic mass is 15.1. The molecule has 0 aliphatic heterocycles. The largest absolute Gasteiger partial charge is 0.330 e. The van der Waals surface area contributed by atoms with Gasteiger partial charge >= 0.3 is 0 Å². The molecule has 4 nitrogen and oxygen atoms in total. The van der Waals surface area contributed by atoms with Gasteiger partial charge in [-0.3, -0.25) is 4.98 Å². The van der Waals surface area contributed by atoms with E-state index in [-0.39, 0.29) is 0 Å². The highest BCUT2D eigenvalue weighted by Gasteiger charge is 2.18. The van der Waals surface area contributed by atoms with Crippen molar-refractivity contribution in [3.8, 4) is 6.07 Å². The predicted molar refractivity (Wildman–Crippen MR) is 88.7 cm³/mol. The minimum atomic E-state index is 0.469. The van der Waals surface area contributed by atoms with E-state index >= 15 is 0 Å². The van der Waals surface area contributed by atoms with Crippen molar-refractivity contribution in [2.45, 2.75) is 39.0 Å². The molecule has 0 N–H and O–H groups in total. The van der Waals surface area contributed by atoms with Crippen molar-refractivity contribution in [3.05, 3.63) is 35.8 Å². The van der Waals surface area contributed by atoms with Gasteiger partial charge < -0.3 is 4.57 Å². The Morgan fingerprint density at radius 3 is 2.77 bits per heavy atom. The first kappa shape index (κ1) is 14.5. The molecule has 1 unspecified atom stereocenters. The molecular weight excluding hydrogens is 272 g/mol. The van der Waals surface area contributed by atoms with Crippen LogP contribution in [0.5, 0.6) is 0 Å². The van der Waals surface area contributed by atoms with Crippen LogP contribution in [0.15, 0.2) is 24.4 Å². The molecule has 1 atom stereocenters. The van der Waals surface area contributed by atoms with Gasteiger partial charge in [-0.05, 0) is 31.0 Å². The second kappa shape index (κ2) is 5.76. The number of hydrogen-bond acceptors (Lipinski definition) is 3. The Morgan fingerprint density at radius 1 is 1.27 bits per heavy atom. The number of imidazole rings is 1. The lowest BCUT2D eigenvalue weighted by atomic mass is 10.00. The Hall–Kier alpha value is -2.41. The van der Waals surface area contributed by atoms with Crippen LogP contribution in [-0.2, 0) is 7.05 Å². The van der Waals surface area contributed by atoms with E-state index in [1.807, 2.05) is 24.4 Å². The van der Waals surface area contributed by atoms with Crippen molar-refractivity contribution >= 4 is 21.9 Å². The molecule has 0 saturated carbocycles. The van der Waals surface area contributed by atoms with E-state index in [1.165, 1.54) is 0 Å². The first-order chi connectivity index (χ1) is 10.7. The average molecular weight is 292 g/mol. The summed E-state index contributed by atoms with van der Waals surface area (Å²) in [6.07, 6.45) is 5.22. The Kier molecular flexibility index (Phi) is 3.81. The fraction of sp³-hybridized carbons (Fsp3) is 0.389. The van der Waals surface area contributed by atoms with E-state index in [4.69, 9.17) is 10.2 Å². The molecule has 0 radical (unpaired) electrons. The number of benzene rings is 1. The molecule has 0 spiro atoms. The van der Waals surface area contributed by atoms with E-state index in [2.05, 4.69) is 36.5 Å². The fourth-order valence-corrected chi connectivity index (χ4v) is 3.21. The third-order valence-electron chi connectivity index (χ3n) is 4.36. The minimum Gasteiger partial charge on any atom is -0.330 e. The molecule has 0 fully saturated rings. The Bertz CT molecular complexity index is 870. The van der Waals surface area contributed by atoms with E-state index in [0.29, 0.717) is 11.5 Å². The Morgan fingerprint density at radius 2 is 2.09 bits per heavy atom. The van der Waals surface area contributed by atoms with Crippen LogP contribution in [0.3, 0.4) is 0 Å². The molecular formula is C18H20N4. The number of rotatable bonds is 4. The molecule has 22 heavy (non-hydrogen) atoms. The van der Waals surface area contributed by atoms with E-state index in [0.717, 1.165) is 47.0 Å². The third-order valence-corrected chi connectivity index (χ3v) is 4.36. The van der Waals surface area contributed by atoms with Crippen LogP contribution in [0.25, 0.3) is 21.9 Å². The minimum absolute atomic E-state index is 0.469. The molecule has 4 heteroatoms. The predicted octanol–water partition coefficient (Wildman–Crippen LogP) is 4.29. The Labute approximate surface area is 130 Å². The molecule has 112 valence electrons. The van der Waals surface area contributed by atoms with Crippen LogP contribution >= 0.6 is 0 Å². The van der Waals surface area contributed by atoms with Crippen LogP contribution in [-0.4, -0.2) is 14.5 Å². The second-order valence-corrected chi connectivity index (χ2v) is 5.76. The van der Waals surface area contributed by atoms with Gasteiger partial charge in [-0.25, -0.2) is 4.98 Å². The zero-order valence-electron chi connectivity index (χ0n) is 13.3. The van der Waals surface area contributed by atoms with E-state index in [9.17, 15) is 0 Å². The summed E-state index contributed by atoms with van der Waals surface area (Å²) in [7, 11) is 2.07. The lowest BCUT2D eigenvalue weighted by Gasteiger charge is -2.13. The maximum absolute atomic E-state index is 9.15. The van der Waals surface area contributed by atoms with E-state index in [1.54, 1.807) is 0 Å². The topological polar surface area (TPSA) is 54.5 Å². The first-order valence-corrected chi connectivity index (χ1v) is 7.84. The normalized spacial score (nSPS) is 12.6. The maximum atomic E-state index is 9.15. The quantitative estimate of drug-likeness (QED) is 0.721. The fourth-order valence-electron chi connectivity index (χ4n) is 3.21. The number of hydrogen-bond donors (Lipinski definition) is 0. The molecule has 2 heterocycles. The van der Waals surface area contributed by atoms with Crippen molar-refractivity contribution < 1.29 is 0 Å². The van der Waals surface area contributed by atoms with Gasteiger partial charge in [-0.15, -0.1) is 0 Å². The third kappa shape index (κ3) is 2.23. The molecule has 3 aromatic rings. The van der Waals surface area contributed by atoms with E-state index < -0.39 is 0 Å². The summed E-state index contributed by atoms with van der Waals surface area (Å²) in [4.78, 5) is 9.31. The van der Waals surface area contributed by atoms with Gasteiger partial charge in [0.2, 0.25) is 0 Å². The summed E-state index contributed by atoms with van der Waals surface area (Å²) in [5.41, 5.74) is 3.55. The van der Waals surface area contributed by atoms with Crippen molar-refractivity contribution in [1.82, 2.24) is 14.5 Å². The van der Waals surface area contributed by atoms with Gasteiger partial charge in [0.25, 0.3) is 0 Å². The number of aryl methyl sites for hydroxylation is 1. The molecule has 1 aromatic carbocycles. The number of nitrogens with zero attached hydrogens (tertiary/aromatic N) is 4. The number of aromatic nitrogens is 3. The SMILES string of the molecule is CCCC(CC)c1nc2cnc3ccc(C#N)cc3c2n1C. The van der Waals surface area contributed by atoms with Gasteiger partial charge in [0.15, 0.2) is 0 Å². The monoisotopic (exact) mass is 292 g/mol. The van der Waals surface area contributed by atoms with Gasteiger partial charge in [0, 0.05) is 18.4 Å². The Balaban J connectivity index is 2.29. The first-order valence-electron chi connectivity index (χ1n) is 7.84. The van der Waals surface area contributed by atoms with Gasteiger partial charge in [0.05, 0.1) is 28.9 Å². The lowest BCUT2D eigenvalue weighted by molar-refractivity contribution is 0.549. The molecule has 0 saturated heterocycles. The highest BCUT2D eigenvalue weighted by molar-refractivity contribution is 6.02. The summed E-state index contributed by atoms with van der Waals surface area (Å²) in [5, 5.41) is 10.2. The van der Waals surface area contributed by atoms with Gasteiger partial charge in [-0.1, -0.05) is 20.3 Å². The van der Waals surface area contributed by atoms with Crippen molar-refractivity contribution in [2.75, 3.05) is 0 Å². The second-order valence-electron chi connectivity index (χ2n) is 5.76. The van der Waals surface area contributed by atoms with Crippen molar-refractivity contribution in [3.63, 3.8) is 0 Å². The summed E-state index contributed by atoms with van der Waals surface area (Å²) >= 11 is 0. The van der Waals surface area contributed by atoms with Gasteiger partial charge in [0.1, 0.15) is 11.3 Å².